The van der Waals surface area contributed by atoms with Gasteiger partial charge < -0.3 is 16.3 Å². The second-order valence-electron chi connectivity index (χ2n) is 5.19. The number of rotatable bonds is 5. The van der Waals surface area contributed by atoms with Crippen molar-refractivity contribution in [2.24, 2.45) is 16.3 Å². The molecular weight excluding hydrogens is 266 g/mol. The molecule has 19 heavy (non-hydrogen) atoms. The van der Waals surface area contributed by atoms with Gasteiger partial charge in [-0.15, -0.1) is 5.10 Å². The zero-order valence-electron chi connectivity index (χ0n) is 11.5. The molecule has 1 aromatic rings. The monoisotopic (exact) mass is 285 g/mol. The number of aromatic nitrogens is 2. The molecule has 0 aromatic carbocycles. The van der Waals surface area contributed by atoms with Gasteiger partial charge in [0.1, 0.15) is 10.7 Å². The van der Waals surface area contributed by atoms with Gasteiger partial charge in [-0.3, -0.25) is 4.79 Å². The number of nitrogens with two attached hydrogens (primary N) is 1. The molecule has 8 heteroatoms. The van der Waals surface area contributed by atoms with Crippen molar-refractivity contribution in [3.05, 3.63) is 10.6 Å². The lowest BCUT2D eigenvalue weighted by Gasteiger charge is -2.22. The number of hydrogen-bond donors (Lipinski definition) is 3. The first-order chi connectivity index (χ1) is 8.79. The summed E-state index contributed by atoms with van der Waals surface area (Å²) in [7, 11) is 0. The smallest absolute Gasteiger partial charge is 0.264 e. The van der Waals surface area contributed by atoms with E-state index in [1.54, 1.807) is 13.8 Å². The van der Waals surface area contributed by atoms with E-state index in [2.05, 4.69) is 20.1 Å². The first kappa shape index (κ1) is 15.4. The predicted molar refractivity (Wildman–Crippen MR) is 73.5 cm³/mol. The van der Waals surface area contributed by atoms with Crippen LogP contribution in [0.5, 0.6) is 0 Å². The predicted octanol–water partition coefficient (Wildman–Crippen LogP) is 1.16. The van der Waals surface area contributed by atoms with Gasteiger partial charge in [-0.05, 0) is 17.5 Å². The lowest BCUT2D eigenvalue weighted by atomic mass is 9.92. The lowest BCUT2D eigenvalue weighted by molar-refractivity contribution is 0.0947. The third-order valence-electron chi connectivity index (χ3n) is 2.76. The molecule has 0 fully saturated rings. The van der Waals surface area contributed by atoms with Crippen LogP contribution < -0.4 is 11.1 Å². The van der Waals surface area contributed by atoms with Crippen molar-refractivity contribution >= 4 is 23.3 Å². The molecule has 0 saturated heterocycles. The number of amides is 1. The third-order valence-corrected chi connectivity index (χ3v) is 3.50. The highest BCUT2D eigenvalue weighted by Gasteiger charge is 2.26. The molecule has 0 radical (unpaired) electrons. The molecule has 0 saturated carbocycles. The quantitative estimate of drug-likeness (QED) is 0.325. The van der Waals surface area contributed by atoms with Crippen molar-refractivity contribution in [1.82, 2.24) is 14.9 Å². The van der Waals surface area contributed by atoms with Crippen LogP contribution in [0.4, 0.5) is 0 Å². The summed E-state index contributed by atoms with van der Waals surface area (Å²) in [5.41, 5.74) is 5.62. The normalized spacial score (nSPS) is 12.8. The van der Waals surface area contributed by atoms with E-state index in [9.17, 15) is 4.79 Å². The summed E-state index contributed by atoms with van der Waals surface area (Å²) < 4.78 is 3.80. The number of nitrogens with zero attached hydrogens (tertiary/aromatic N) is 3. The van der Waals surface area contributed by atoms with Crippen LogP contribution in [0.1, 0.15) is 49.0 Å². The van der Waals surface area contributed by atoms with Crippen LogP contribution in [0.3, 0.4) is 0 Å². The number of carbonyl (C=O) groups excluding carboxylic acids is 1. The molecule has 0 atom stereocenters. The van der Waals surface area contributed by atoms with E-state index in [0.29, 0.717) is 10.6 Å². The maximum atomic E-state index is 12.1. The first-order valence-corrected chi connectivity index (χ1v) is 6.65. The molecule has 1 amide bonds. The second kappa shape index (κ2) is 5.96. The zero-order valence-corrected chi connectivity index (χ0v) is 12.3. The minimum atomic E-state index is -0.624. The Labute approximate surface area is 116 Å². The van der Waals surface area contributed by atoms with E-state index in [1.165, 1.54) is 0 Å². The van der Waals surface area contributed by atoms with Crippen LogP contribution in [0.2, 0.25) is 0 Å². The van der Waals surface area contributed by atoms with Crippen LogP contribution in [0.15, 0.2) is 5.16 Å². The summed E-state index contributed by atoms with van der Waals surface area (Å²) >= 11 is 1.07. The Morgan fingerprint density at radius 3 is 2.74 bits per heavy atom. The van der Waals surface area contributed by atoms with Crippen LogP contribution in [0.25, 0.3) is 0 Å². The molecule has 1 aromatic heterocycles. The third kappa shape index (κ3) is 3.63. The molecule has 1 rings (SSSR count). The van der Waals surface area contributed by atoms with Crippen molar-refractivity contribution in [3.63, 3.8) is 0 Å². The van der Waals surface area contributed by atoms with Crippen LogP contribution in [0, 0.1) is 5.41 Å². The molecule has 0 spiro atoms. The number of oxime groups is 1. The van der Waals surface area contributed by atoms with Gasteiger partial charge in [0, 0.05) is 12.0 Å². The Kier molecular flexibility index (Phi) is 4.82. The topological polar surface area (TPSA) is 113 Å². The molecule has 7 nitrogen and oxygen atoms in total. The van der Waals surface area contributed by atoms with E-state index in [-0.39, 0.29) is 24.2 Å². The van der Waals surface area contributed by atoms with Gasteiger partial charge in [-0.2, -0.15) is 0 Å². The summed E-state index contributed by atoms with van der Waals surface area (Å²) in [6, 6.07) is 0. The first-order valence-electron chi connectivity index (χ1n) is 5.88. The fourth-order valence-electron chi connectivity index (χ4n) is 1.34. The van der Waals surface area contributed by atoms with Crippen molar-refractivity contribution in [3.8, 4) is 0 Å². The van der Waals surface area contributed by atoms with Gasteiger partial charge in [0.2, 0.25) is 0 Å². The number of amidine groups is 1. The Balaban J connectivity index is 2.74. The summed E-state index contributed by atoms with van der Waals surface area (Å²) in [5.74, 6) is -0.0339. The maximum absolute atomic E-state index is 12.1. The molecule has 106 valence electrons. The van der Waals surface area contributed by atoms with Gasteiger partial charge in [0.25, 0.3) is 5.91 Å². The molecule has 1 heterocycles. The summed E-state index contributed by atoms with van der Waals surface area (Å²) in [4.78, 5) is 12.6. The molecule has 0 aliphatic carbocycles. The molecule has 0 aliphatic rings. The van der Waals surface area contributed by atoms with Crippen LogP contribution in [-0.2, 0) is 0 Å². The van der Waals surface area contributed by atoms with Crippen molar-refractivity contribution in [1.29, 1.82) is 0 Å². The highest BCUT2D eigenvalue weighted by molar-refractivity contribution is 7.08. The van der Waals surface area contributed by atoms with Gasteiger partial charge in [-0.25, -0.2) is 0 Å². The summed E-state index contributed by atoms with van der Waals surface area (Å²) in [6.45, 7) is 7.71. The highest BCUT2D eigenvalue weighted by atomic mass is 32.1. The fraction of sp³-hybridized carbons (Fsp3) is 0.636. The largest absolute Gasteiger partial charge is 0.409 e. The van der Waals surface area contributed by atoms with Gasteiger partial charge >= 0.3 is 0 Å². The van der Waals surface area contributed by atoms with E-state index in [0.717, 1.165) is 11.5 Å². The van der Waals surface area contributed by atoms with Crippen molar-refractivity contribution < 1.29 is 10.0 Å². The SMILES string of the molecule is CC(C)c1nnsc1C(=O)NCC(C)(C)C(N)=NO. The molecule has 0 unspecified atom stereocenters. The Morgan fingerprint density at radius 1 is 1.58 bits per heavy atom. The van der Waals surface area contributed by atoms with Crippen molar-refractivity contribution in [2.75, 3.05) is 6.54 Å². The number of nitrogens with one attached hydrogen (secondary N) is 1. The minimum Gasteiger partial charge on any atom is -0.409 e. The summed E-state index contributed by atoms with van der Waals surface area (Å²) in [6.07, 6.45) is 0. The summed E-state index contributed by atoms with van der Waals surface area (Å²) in [5, 5.41) is 18.3. The molecular formula is C11H19N5O2S. The Morgan fingerprint density at radius 2 is 2.21 bits per heavy atom. The van der Waals surface area contributed by atoms with E-state index in [1.807, 2.05) is 13.8 Å². The average Bonchev–Trinajstić information content (AvgIpc) is 2.84. The number of carbonyl (C=O) groups is 1. The van der Waals surface area contributed by atoms with Gasteiger partial charge in [-0.1, -0.05) is 37.3 Å². The zero-order chi connectivity index (χ0) is 14.6. The standard InChI is InChI=1S/C11H19N5O2S/c1-6(2)7-8(19-16-14-7)9(17)13-5-11(3,4)10(12)15-18/h6,18H,5H2,1-4H3,(H2,12,15)(H,13,17). The van der Waals surface area contributed by atoms with Crippen LogP contribution in [-0.4, -0.2) is 33.1 Å². The molecule has 0 aliphatic heterocycles. The Hall–Kier alpha value is -1.70. The van der Waals surface area contributed by atoms with Gasteiger partial charge in [0.05, 0.1) is 5.69 Å². The van der Waals surface area contributed by atoms with E-state index >= 15 is 0 Å². The molecule has 0 bridgehead atoms. The highest BCUT2D eigenvalue weighted by Crippen LogP contribution is 2.20. The lowest BCUT2D eigenvalue weighted by Crippen LogP contribution is -2.42. The molecule has 4 N–H and O–H groups in total. The van der Waals surface area contributed by atoms with E-state index < -0.39 is 5.41 Å². The average molecular weight is 285 g/mol. The maximum Gasteiger partial charge on any atom is 0.264 e. The van der Waals surface area contributed by atoms with Crippen molar-refractivity contribution in [2.45, 2.75) is 33.6 Å². The van der Waals surface area contributed by atoms with E-state index in [4.69, 9.17) is 10.9 Å². The van der Waals surface area contributed by atoms with Gasteiger partial charge in [0.15, 0.2) is 0 Å². The fourth-order valence-corrected chi connectivity index (χ4v) is 2.08. The number of hydrogen-bond acceptors (Lipinski definition) is 6. The second-order valence-corrected chi connectivity index (χ2v) is 5.95. The Bertz CT molecular complexity index is 481. The van der Waals surface area contributed by atoms with Crippen LogP contribution >= 0.6 is 11.5 Å². The minimum absolute atomic E-state index is 0.0688.